The van der Waals surface area contributed by atoms with Crippen molar-refractivity contribution in [3.05, 3.63) is 0 Å². The highest BCUT2D eigenvalue weighted by atomic mass is 16.3. The second-order valence-corrected chi connectivity index (χ2v) is 4.93. The quantitative estimate of drug-likeness (QED) is 0.367. The van der Waals surface area contributed by atoms with Gasteiger partial charge >= 0.3 is 0 Å². The zero-order chi connectivity index (χ0) is 12.8. The number of nitrogens with one attached hydrogen (secondary N) is 1. The van der Waals surface area contributed by atoms with Crippen LogP contribution in [0.25, 0.3) is 0 Å². The van der Waals surface area contributed by atoms with Gasteiger partial charge in [0.1, 0.15) is 0 Å². The summed E-state index contributed by atoms with van der Waals surface area (Å²) in [5.74, 6) is 5.49. The predicted molar refractivity (Wildman–Crippen MR) is 67.0 cm³/mol. The number of amides is 1. The van der Waals surface area contributed by atoms with Crippen LogP contribution in [0.15, 0.2) is 0 Å². The number of aliphatic hydroxyl groups is 1. The van der Waals surface area contributed by atoms with E-state index in [0.717, 1.165) is 38.8 Å². The third kappa shape index (κ3) is 3.94. The van der Waals surface area contributed by atoms with Crippen molar-refractivity contribution in [3.63, 3.8) is 0 Å². The number of aliphatic hydroxyl groups excluding tert-OH is 1. The Morgan fingerprint density at radius 2 is 2.12 bits per heavy atom. The molecule has 0 aromatic rings. The molecule has 0 bridgehead atoms. The summed E-state index contributed by atoms with van der Waals surface area (Å²) in [5, 5.41) is 9.54. The minimum atomic E-state index is -0.245. The number of rotatable bonds is 5. The largest absolute Gasteiger partial charge is 0.393 e. The summed E-state index contributed by atoms with van der Waals surface area (Å²) in [6, 6.07) is -0.111. The summed E-state index contributed by atoms with van der Waals surface area (Å²) in [5.41, 5.74) is 2.25. The molecule has 1 aliphatic heterocycles. The van der Waals surface area contributed by atoms with Crippen LogP contribution in [-0.2, 0) is 4.79 Å². The molecule has 0 saturated carbocycles. The number of carbonyl (C=O) groups excluding carboxylic acids is 1. The Labute approximate surface area is 103 Å². The van der Waals surface area contributed by atoms with Crippen molar-refractivity contribution in [1.29, 1.82) is 0 Å². The van der Waals surface area contributed by atoms with E-state index in [1.165, 1.54) is 0 Å². The zero-order valence-electron chi connectivity index (χ0n) is 10.9. The number of likely N-dealkylation sites (tertiary alicyclic amines) is 1. The second kappa shape index (κ2) is 6.93. The molecule has 1 heterocycles. The first-order valence-corrected chi connectivity index (χ1v) is 6.52. The zero-order valence-corrected chi connectivity index (χ0v) is 10.9. The summed E-state index contributed by atoms with van der Waals surface area (Å²) in [6.07, 6.45) is 3.47. The van der Waals surface area contributed by atoms with Gasteiger partial charge in [0.2, 0.25) is 0 Å². The number of hydrogen-bond acceptors (Lipinski definition) is 4. The molecule has 4 N–H and O–H groups in total. The molecular weight excluding hydrogens is 218 g/mol. The van der Waals surface area contributed by atoms with Crippen molar-refractivity contribution >= 4 is 5.91 Å². The Balaban J connectivity index is 2.51. The lowest BCUT2D eigenvalue weighted by atomic mass is 9.91. The highest BCUT2D eigenvalue weighted by molar-refractivity contribution is 5.81. The van der Waals surface area contributed by atoms with Crippen molar-refractivity contribution in [2.45, 2.75) is 51.7 Å². The van der Waals surface area contributed by atoms with Gasteiger partial charge in [0, 0.05) is 0 Å². The first-order chi connectivity index (χ1) is 8.10. The van der Waals surface area contributed by atoms with Crippen molar-refractivity contribution in [2.75, 3.05) is 13.1 Å². The third-order valence-corrected chi connectivity index (χ3v) is 3.70. The van der Waals surface area contributed by atoms with Gasteiger partial charge in [-0.05, 0) is 45.2 Å². The molecule has 1 aliphatic rings. The van der Waals surface area contributed by atoms with E-state index >= 15 is 0 Å². The lowest BCUT2D eigenvalue weighted by Gasteiger charge is -2.37. The molecule has 0 aromatic heterocycles. The second-order valence-electron chi connectivity index (χ2n) is 4.93. The minimum Gasteiger partial charge on any atom is -0.393 e. The van der Waals surface area contributed by atoms with Crippen LogP contribution < -0.4 is 11.3 Å². The van der Waals surface area contributed by atoms with Crippen LogP contribution in [0.3, 0.4) is 0 Å². The van der Waals surface area contributed by atoms with E-state index in [4.69, 9.17) is 5.84 Å². The van der Waals surface area contributed by atoms with Crippen molar-refractivity contribution < 1.29 is 9.90 Å². The van der Waals surface area contributed by atoms with Gasteiger partial charge < -0.3 is 5.11 Å². The molecule has 5 heteroatoms. The maximum absolute atomic E-state index is 11.7. The molecule has 1 amide bonds. The molecular formula is C12H25N3O2. The monoisotopic (exact) mass is 243 g/mol. The fourth-order valence-electron chi connectivity index (χ4n) is 2.56. The van der Waals surface area contributed by atoms with Gasteiger partial charge in [0.25, 0.3) is 5.91 Å². The van der Waals surface area contributed by atoms with E-state index in [1.54, 1.807) is 0 Å². The third-order valence-electron chi connectivity index (χ3n) is 3.70. The molecule has 0 spiro atoms. The van der Waals surface area contributed by atoms with E-state index in [2.05, 4.69) is 17.2 Å². The molecule has 1 rings (SSSR count). The average molecular weight is 243 g/mol. The molecule has 0 aliphatic carbocycles. The van der Waals surface area contributed by atoms with E-state index < -0.39 is 0 Å². The lowest BCUT2D eigenvalue weighted by Crippen LogP contribution is -2.52. The topological polar surface area (TPSA) is 78.6 Å². The summed E-state index contributed by atoms with van der Waals surface area (Å²) in [7, 11) is 0. The van der Waals surface area contributed by atoms with Crippen LogP contribution in [0.2, 0.25) is 0 Å². The number of piperidine rings is 1. The minimum absolute atomic E-state index is 0.0950. The van der Waals surface area contributed by atoms with Crippen LogP contribution >= 0.6 is 0 Å². The molecule has 100 valence electrons. The van der Waals surface area contributed by atoms with E-state index in [-0.39, 0.29) is 18.1 Å². The molecule has 0 radical (unpaired) electrons. The SMILES string of the molecule is CCCC(C(=O)NN)N1CCC(C(C)O)CC1. The summed E-state index contributed by atoms with van der Waals surface area (Å²) < 4.78 is 0. The average Bonchev–Trinajstić information content (AvgIpc) is 2.35. The Morgan fingerprint density at radius 3 is 2.53 bits per heavy atom. The standard InChI is InChI=1S/C12H25N3O2/c1-3-4-11(12(17)14-13)15-7-5-10(6-8-15)9(2)16/h9-11,16H,3-8,13H2,1-2H3,(H,14,17). The number of carbonyl (C=O) groups is 1. The van der Waals surface area contributed by atoms with Crippen LogP contribution in [0.5, 0.6) is 0 Å². The van der Waals surface area contributed by atoms with Crippen LogP contribution in [0, 0.1) is 5.92 Å². The van der Waals surface area contributed by atoms with Crippen molar-refractivity contribution in [1.82, 2.24) is 10.3 Å². The molecule has 1 saturated heterocycles. The molecule has 1 fully saturated rings. The maximum Gasteiger partial charge on any atom is 0.251 e. The van der Waals surface area contributed by atoms with Crippen LogP contribution in [-0.4, -0.2) is 41.1 Å². The Hall–Kier alpha value is -0.650. The molecule has 2 atom stereocenters. The van der Waals surface area contributed by atoms with Crippen molar-refractivity contribution in [3.8, 4) is 0 Å². The van der Waals surface area contributed by atoms with Gasteiger partial charge in [-0.15, -0.1) is 0 Å². The first kappa shape index (κ1) is 14.4. The summed E-state index contributed by atoms with van der Waals surface area (Å²) >= 11 is 0. The van der Waals surface area contributed by atoms with Crippen molar-refractivity contribution in [2.24, 2.45) is 11.8 Å². The number of hydrogen-bond donors (Lipinski definition) is 3. The van der Waals surface area contributed by atoms with Gasteiger partial charge in [-0.25, -0.2) is 5.84 Å². The van der Waals surface area contributed by atoms with Crippen LogP contribution in [0.4, 0.5) is 0 Å². The fraction of sp³-hybridized carbons (Fsp3) is 0.917. The lowest BCUT2D eigenvalue weighted by molar-refractivity contribution is -0.127. The Morgan fingerprint density at radius 1 is 1.53 bits per heavy atom. The van der Waals surface area contributed by atoms with Crippen LogP contribution in [0.1, 0.15) is 39.5 Å². The highest BCUT2D eigenvalue weighted by Gasteiger charge is 2.30. The summed E-state index contributed by atoms with van der Waals surface area (Å²) in [6.45, 7) is 5.65. The Bertz CT molecular complexity index is 238. The number of hydrazine groups is 1. The maximum atomic E-state index is 11.7. The molecule has 17 heavy (non-hydrogen) atoms. The summed E-state index contributed by atoms with van der Waals surface area (Å²) in [4.78, 5) is 13.9. The van der Waals surface area contributed by atoms with E-state index in [0.29, 0.717) is 5.92 Å². The molecule has 2 unspecified atom stereocenters. The normalized spacial score (nSPS) is 22.1. The predicted octanol–water partition coefficient (Wildman–Crippen LogP) is 0.238. The van der Waals surface area contributed by atoms with Gasteiger partial charge in [-0.1, -0.05) is 13.3 Å². The van der Waals surface area contributed by atoms with Gasteiger partial charge in [0.15, 0.2) is 0 Å². The number of nitrogens with two attached hydrogens (primary N) is 1. The van der Waals surface area contributed by atoms with E-state index in [9.17, 15) is 9.90 Å². The first-order valence-electron chi connectivity index (χ1n) is 6.52. The molecule has 5 nitrogen and oxygen atoms in total. The van der Waals surface area contributed by atoms with Gasteiger partial charge in [0.05, 0.1) is 12.1 Å². The highest BCUT2D eigenvalue weighted by Crippen LogP contribution is 2.23. The van der Waals surface area contributed by atoms with Gasteiger partial charge in [-0.3, -0.25) is 15.1 Å². The number of nitrogens with zero attached hydrogens (tertiary/aromatic N) is 1. The smallest absolute Gasteiger partial charge is 0.251 e. The fourth-order valence-corrected chi connectivity index (χ4v) is 2.56. The Kier molecular flexibility index (Phi) is 5.88. The van der Waals surface area contributed by atoms with E-state index in [1.807, 2.05) is 6.92 Å². The van der Waals surface area contributed by atoms with Gasteiger partial charge in [-0.2, -0.15) is 0 Å². The molecule has 0 aromatic carbocycles.